The molecule has 0 bridgehead atoms. The molecule has 4 nitrogen and oxygen atoms in total. The monoisotopic (exact) mass is 377 g/mol. The van der Waals surface area contributed by atoms with E-state index in [-0.39, 0.29) is 17.1 Å². The van der Waals surface area contributed by atoms with Crippen molar-refractivity contribution in [2.24, 2.45) is 0 Å². The van der Waals surface area contributed by atoms with E-state index in [1.54, 1.807) is 0 Å². The minimum Gasteiger partial charge on any atom is -0.358 e. The summed E-state index contributed by atoms with van der Waals surface area (Å²) in [6, 6.07) is 9.97. The molecule has 0 unspecified atom stereocenters. The summed E-state index contributed by atoms with van der Waals surface area (Å²) < 4.78 is 0.700. The van der Waals surface area contributed by atoms with E-state index in [0.717, 1.165) is 23.7 Å². The van der Waals surface area contributed by atoms with Crippen molar-refractivity contribution in [2.75, 3.05) is 30.8 Å². The van der Waals surface area contributed by atoms with Gasteiger partial charge in [-0.05, 0) is 26.0 Å². The second-order valence-corrected chi connectivity index (χ2v) is 7.71. The molecule has 1 aliphatic heterocycles. The minimum absolute atomic E-state index is 0.181. The second kappa shape index (κ2) is 8.56. The molecule has 0 fully saturated rings. The van der Waals surface area contributed by atoms with E-state index in [2.05, 4.69) is 6.07 Å². The van der Waals surface area contributed by atoms with Gasteiger partial charge in [0.2, 0.25) is 0 Å². The molecule has 1 aliphatic rings. The van der Waals surface area contributed by atoms with Crippen molar-refractivity contribution in [2.45, 2.75) is 18.7 Å². The third-order valence-corrected chi connectivity index (χ3v) is 6.45. The maximum absolute atomic E-state index is 12.5. The van der Waals surface area contributed by atoms with Crippen molar-refractivity contribution in [3.63, 3.8) is 0 Å². The Kier molecular flexibility index (Phi) is 6.72. The Morgan fingerprint density at radius 3 is 2.62 bits per heavy atom. The van der Waals surface area contributed by atoms with Gasteiger partial charge in [-0.15, -0.1) is 0 Å². The zero-order valence-electron chi connectivity index (χ0n) is 13.9. The van der Waals surface area contributed by atoms with E-state index < -0.39 is 0 Å². The maximum Gasteiger partial charge on any atom is 0.186 e. The van der Waals surface area contributed by atoms with Gasteiger partial charge in [0.1, 0.15) is 21.0 Å². The van der Waals surface area contributed by atoms with Crippen LogP contribution in [0.15, 0.2) is 39.8 Å². The Morgan fingerprint density at radius 2 is 2.04 bits per heavy atom. The highest BCUT2D eigenvalue weighted by atomic mass is 32.2. The van der Waals surface area contributed by atoms with Crippen LogP contribution in [0.3, 0.4) is 0 Å². The van der Waals surface area contributed by atoms with Gasteiger partial charge in [-0.1, -0.05) is 47.9 Å². The predicted molar refractivity (Wildman–Crippen MR) is 106 cm³/mol. The number of rotatable bonds is 5. The standard InChI is InChI=1S/C17H19N3OS3/c1-4-20(5-2)17(22)23-11-14(21)12(10-18)16-19(3)13-8-6-7-9-15(13)24-16/h6-9H,4-5,11H2,1-3H3/b16-12-. The first kappa shape index (κ1) is 18.8. The molecular formula is C17H19N3OS3. The lowest BCUT2D eigenvalue weighted by atomic mass is 10.2. The summed E-state index contributed by atoms with van der Waals surface area (Å²) in [5, 5.41) is 10.2. The molecule has 0 atom stereocenters. The molecule has 2 rings (SSSR count). The van der Waals surface area contributed by atoms with E-state index in [1.165, 1.54) is 23.5 Å². The Balaban J connectivity index is 2.14. The molecule has 0 aromatic heterocycles. The van der Waals surface area contributed by atoms with Gasteiger partial charge in [0, 0.05) is 25.0 Å². The first-order chi connectivity index (χ1) is 11.5. The van der Waals surface area contributed by atoms with Crippen LogP contribution < -0.4 is 4.90 Å². The summed E-state index contributed by atoms with van der Waals surface area (Å²) >= 11 is 8.14. The van der Waals surface area contributed by atoms with Crippen molar-refractivity contribution in [3.8, 4) is 6.07 Å². The van der Waals surface area contributed by atoms with Crippen LogP contribution >= 0.6 is 35.7 Å². The largest absolute Gasteiger partial charge is 0.358 e. The van der Waals surface area contributed by atoms with E-state index in [9.17, 15) is 10.1 Å². The average Bonchev–Trinajstić information content (AvgIpc) is 2.92. The first-order valence-corrected chi connectivity index (χ1v) is 9.84. The van der Waals surface area contributed by atoms with Crippen LogP contribution in [-0.4, -0.2) is 40.9 Å². The molecule has 0 spiro atoms. The summed E-state index contributed by atoms with van der Waals surface area (Å²) in [5.74, 6) is 0.00564. The number of nitrogens with zero attached hydrogens (tertiary/aromatic N) is 3. The van der Waals surface area contributed by atoms with Crippen LogP contribution in [0.4, 0.5) is 5.69 Å². The van der Waals surface area contributed by atoms with Gasteiger partial charge < -0.3 is 9.80 Å². The highest BCUT2D eigenvalue weighted by molar-refractivity contribution is 8.23. The van der Waals surface area contributed by atoms with Crippen LogP contribution in [0.25, 0.3) is 0 Å². The summed E-state index contributed by atoms with van der Waals surface area (Å²) in [4.78, 5) is 17.5. The summed E-state index contributed by atoms with van der Waals surface area (Å²) in [6.07, 6.45) is 0. The minimum atomic E-state index is -0.181. The number of carbonyl (C=O) groups excluding carboxylic acids is 1. The Hall–Kier alpha value is -1.49. The normalized spacial score (nSPS) is 14.8. The zero-order valence-corrected chi connectivity index (χ0v) is 16.4. The number of thiocarbonyl (C=S) groups is 1. The first-order valence-electron chi connectivity index (χ1n) is 7.63. The second-order valence-electron chi connectivity index (χ2n) is 5.07. The fraction of sp³-hybridized carbons (Fsp3) is 0.353. The molecule has 0 N–H and O–H groups in total. The summed E-state index contributed by atoms with van der Waals surface area (Å²) in [6.45, 7) is 5.69. The Labute approximate surface area is 156 Å². The van der Waals surface area contributed by atoms with Gasteiger partial charge in [-0.3, -0.25) is 4.79 Å². The third kappa shape index (κ3) is 3.94. The number of ketones is 1. The van der Waals surface area contributed by atoms with Crippen molar-refractivity contribution >= 4 is 51.5 Å². The SMILES string of the molecule is CCN(CC)C(=S)SCC(=O)/C(C#N)=C1\Sc2ccccc2N1C. The molecule has 0 aliphatic carbocycles. The van der Waals surface area contributed by atoms with Crippen LogP contribution in [-0.2, 0) is 4.79 Å². The molecule has 126 valence electrons. The fourth-order valence-electron chi connectivity index (χ4n) is 2.32. The third-order valence-electron chi connectivity index (χ3n) is 3.69. The molecule has 0 saturated heterocycles. The smallest absolute Gasteiger partial charge is 0.186 e. The van der Waals surface area contributed by atoms with Crippen molar-refractivity contribution in [1.82, 2.24) is 4.90 Å². The highest BCUT2D eigenvalue weighted by Gasteiger charge is 2.27. The van der Waals surface area contributed by atoms with Gasteiger partial charge in [0.15, 0.2) is 5.78 Å². The number of benzene rings is 1. The maximum atomic E-state index is 12.5. The van der Waals surface area contributed by atoms with Crippen LogP contribution in [0, 0.1) is 11.3 Å². The number of hydrogen-bond acceptors (Lipinski definition) is 6. The lowest BCUT2D eigenvalue weighted by Crippen LogP contribution is -2.27. The lowest BCUT2D eigenvalue weighted by molar-refractivity contribution is -0.112. The lowest BCUT2D eigenvalue weighted by Gasteiger charge is -2.20. The highest BCUT2D eigenvalue weighted by Crippen LogP contribution is 2.46. The van der Waals surface area contributed by atoms with Crippen molar-refractivity contribution < 1.29 is 4.79 Å². The van der Waals surface area contributed by atoms with Gasteiger partial charge >= 0.3 is 0 Å². The molecule has 0 saturated carbocycles. The summed E-state index contributed by atoms with van der Waals surface area (Å²) in [7, 11) is 1.88. The molecular weight excluding hydrogens is 358 g/mol. The molecule has 1 aromatic rings. The number of hydrogen-bond donors (Lipinski definition) is 0. The van der Waals surface area contributed by atoms with Gasteiger partial charge in [-0.2, -0.15) is 5.26 Å². The number of para-hydroxylation sites is 1. The molecule has 0 amide bonds. The number of Topliss-reactive ketones (excluding diaryl/α,β-unsaturated/α-hetero) is 1. The van der Waals surface area contributed by atoms with Gasteiger partial charge in [-0.25, -0.2) is 0 Å². The Morgan fingerprint density at radius 1 is 1.38 bits per heavy atom. The number of anilines is 1. The van der Waals surface area contributed by atoms with Crippen LogP contribution in [0.1, 0.15) is 13.8 Å². The van der Waals surface area contributed by atoms with Gasteiger partial charge in [0.05, 0.1) is 11.4 Å². The molecule has 0 radical (unpaired) electrons. The number of carbonyl (C=O) groups is 1. The molecule has 7 heteroatoms. The van der Waals surface area contributed by atoms with Crippen molar-refractivity contribution in [3.05, 3.63) is 34.9 Å². The Bertz CT molecular complexity index is 720. The number of thioether (sulfide) groups is 2. The van der Waals surface area contributed by atoms with E-state index in [4.69, 9.17) is 12.2 Å². The van der Waals surface area contributed by atoms with Crippen LogP contribution in [0.5, 0.6) is 0 Å². The topological polar surface area (TPSA) is 47.3 Å². The number of fused-ring (bicyclic) bond motifs is 1. The van der Waals surface area contributed by atoms with E-state index in [0.29, 0.717) is 9.35 Å². The van der Waals surface area contributed by atoms with Crippen LogP contribution in [0.2, 0.25) is 0 Å². The quantitative estimate of drug-likeness (QED) is 0.438. The fourth-order valence-corrected chi connectivity index (χ4v) is 4.76. The summed E-state index contributed by atoms with van der Waals surface area (Å²) in [5.41, 5.74) is 1.22. The van der Waals surface area contributed by atoms with Gasteiger partial charge in [0.25, 0.3) is 0 Å². The molecule has 24 heavy (non-hydrogen) atoms. The van der Waals surface area contributed by atoms with E-state index in [1.807, 2.05) is 55.0 Å². The van der Waals surface area contributed by atoms with E-state index >= 15 is 0 Å². The molecule has 1 aromatic carbocycles. The molecule has 1 heterocycles. The average molecular weight is 378 g/mol. The number of nitriles is 1. The number of allylic oxidation sites excluding steroid dienone is 1. The zero-order chi connectivity index (χ0) is 17.7. The van der Waals surface area contributed by atoms with Crippen molar-refractivity contribution in [1.29, 1.82) is 5.26 Å². The predicted octanol–water partition coefficient (Wildman–Crippen LogP) is 3.89.